The summed E-state index contributed by atoms with van der Waals surface area (Å²) in [4.78, 5) is 10.8. The van der Waals surface area contributed by atoms with Crippen molar-refractivity contribution in [3.63, 3.8) is 0 Å². The lowest BCUT2D eigenvalue weighted by molar-refractivity contribution is -0.138. The molecule has 0 heterocycles. The van der Waals surface area contributed by atoms with E-state index in [1.165, 1.54) is 0 Å². The maximum atomic E-state index is 10.8. The molecular weight excluding hydrogens is 180 g/mol. The average molecular weight is 192 g/mol. The van der Waals surface area contributed by atoms with Crippen molar-refractivity contribution in [3.05, 3.63) is 36.4 Å². The van der Waals surface area contributed by atoms with E-state index in [-0.39, 0.29) is 6.61 Å². The Morgan fingerprint density at radius 1 is 1.50 bits per heavy atom. The summed E-state index contributed by atoms with van der Waals surface area (Å²) in [5, 5.41) is 0. The predicted octanol–water partition coefficient (Wildman–Crippen LogP) is 1.08. The van der Waals surface area contributed by atoms with E-state index in [1.807, 2.05) is 0 Å². The van der Waals surface area contributed by atoms with Gasteiger partial charge in [-0.2, -0.15) is 0 Å². The number of nitrogen functional groups attached to an aromatic ring is 2. The van der Waals surface area contributed by atoms with Crippen molar-refractivity contribution in [3.8, 4) is 0 Å². The maximum absolute atomic E-state index is 10.8. The monoisotopic (exact) mass is 192 g/mol. The summed E-state index contributed by atoms with van der Waals surface area (Å²) in [7, 11) is 0. The van der Waals surface area contributed by atoms with Gasteiger partial charge in [0.05, 0.1) is 0 Å². The van der Waals surface area contributed by atoms with Crippen molar-refractivity contribution in [2.24, 2.45) is 0 Å². The van der Waals surface area contributed by atoms with E-state index in [0.29, 0.717) is 16.9 Å². The first-order valence-electron chi connectivity index (χ1n) is 4.06. The molecule has 0 unspecified atom stereocenters. The largest absolute Gasteiger partial charge is 0.458 e. The second kappa shape index (κ2) is 4.32. The van der Waals surface area contributed by atoms with Gasteiger partial charge < -0.3 is 16.2 Å². The van der Waals surface area contributed by atoms with Gasteiger partial charge in [-0.3, -0.25) is 0 Å². The number of nitrogens with two attached hydrogens (primary N) is 2. The number of esters is 1. The first kappa shape index (κ1) is 10.1. The molecule has 0 aliphatic carbocycles. The molecule has 74 valence electrons. The van der Waals surface area contributed by atoms with Gasteiger partial charge in [-0.15, -0.1) is 0 Å². The molecule has 4 N–H and O–H groups in total. The van der Waals surface area contributed by atoms with E-state index < -0.39 is 5.97 Å². The van der Waals surface area contributed by atoms with Crippen LogP contribution in [0.2, 0.25) is 0 Å². The first-order chi connectivity index (χ1) is 6.63. The van der Waals surface area contributed by atoms with Gasteiger partial charge >= 0.3 is 5.97 Å². The van der Waals surface area contributed by atoms with Crippen molar-refractivity contribution in [1.82, 2.24) is 0 Å². The Morgan fingerprint density at radius 3 is 2.86 bits per heavy atom. The molecule has 0 atom stereocenters. The molecule has 0 amide bonds. The molecule has 4 nitrogen and oxygen atoms in total. The standard InChI is InChI=1S/C10H12N2O2/c1-2-10(13)14-6-7-5-8(11)3-4-9(7)12/h2-5H,1,6,11-12H2. The minimum Gasteiger partial charge on any atom is -0.458 e. The lowest BCUT2D eigenvalue weighted by Crippen LogP contribution is -2.03. The third-order valence-electron chi connectivity index (χ3n) is 1.70. The van der Waals surface area contributed by atoms with Crippen LogP contribution in [0.15, 0.2) is 30.9 Å². The fourth-order valence-electron chi connectivity index (χ4n) is 0.958. The highest BCUT2D eigenvalue weighted by atomic mass is 16.5. The number of carbonyl (C=O) groups is 1. The van der Waals surface area contributed by atoms with Crippen LogP contribution < -0.4 is 11.5 Å². The summed E-state index contributed by atoms with van der Waals surface area (Å²) in [6.07, 6.45) is 1.10. The molecule has 0 spiro atoms. The second-order valence-corrected chi connectivity index (χ2v) is 2.77. The van der Waals surface area contributed by atoms with Crippen LogP contribution in [0.25, 0.3) is 0 Å². The highest BCUT2D eigenvalue weighted by Crippen LogP contribution is 2.16. The van der Waals surface area contributed by atoms with Gasteiger partial charge in [0.2, 0.25) is 0 Å². The SMILES string of the molecule is C=CC(=O)OCc1cc(N)ccc1N. The Morgan fingerprint density at radius 2 is 2.21 bits per heavy atom. The molecule has 0 radical (unpaired) electrons. The van der Waals surface area contributed by atoms with Gasteiger partial charge in [-0.05, 0) is 18.2 Å². The average Bonchev–Trinajstić information content (AvgIpc) is 2.19. The topological polar surface area (TPSA) is 78.3 Å². The second-order valence-electron chi connectivity index (χ2n) is 2.77. The van der Waals surface area contributed by atoms with Gasteiger partial charge in [0.1, 0.15) is 6.61 Å². The molecule has 14 heavy (non-hydrogen) atoms. The van der Waals surface area contributed by atoms with E-state index >= 15 is 0 Å². The van der Waals surface area contributed by atoms with Crippen LogP contribution in [0.3, 0.4) is 0 Å². The van der Waals surface area contributed by atoms with Crippen LogP contribution in [0.1, 0.15) is 5.56 Å². The number of ether oxygens (including phenoxy) is 1. The lowest BCUT2D eigenvalue weighted by Gasteiger charge is -2.06. The number of benzene rings is 1. The molecule has 0 saturated heterocycles. The highest BCUT2D eigenvalue weighted by Gasteiger charge is 2.02. The lowest BCUT2D eigenvalue weighted by atomic mass is 10.2. The van der Waals surface area contributed by atoms with Gasteiger partial charge in [0.25, 0.3) is 0 Å². The van der Waals surface area contributed by atoms with Crippen LogP contribution >= 0.6 is 0 Å². The number of carbonyl (C=O) groups excluding carboxylic acids is 1. The molecule has 1 aromatic carbocycles. The van der Waals surface area contributed by atoms with E-state index in [2.05, 4.69) is 6.58 Å². The molecule has 1 rings (SSSR count). The van der Waals surface area contributed by atoms with Crippen LogP contribution in [-0.2, 0) is 16.1 Å². The first-order valence-corrected chi connectivity index (χ1v) is 4.06. The molecule has 4 heteroatoms. The van der Waals surface area contributed by atoms with E-state index in [9.17, 15) is 4.79 Å². The zero-order chi connectivity index (χ0) is 10.6. The zero-order valence-electron chi connectivity index (χ0n) is 7.69. The molecule has 0 aliphatic heterocycles. The molecule has 0 aliphatic rings. The smallest absolute Gasteiger partial charge is 0.330 e. The number of hydrogen-bond donors (Lipinski definition) is 2. The molecule has 0 fully saturated rings. The third-order valence-corrected chi connectivity index (χ3v) is 1.70. The Balaban J connectivity index is 2.71. The van der Waals surface area contributed by atoms with E-state index in [0.717, 1.165) is 6.08 Å². The Bertz CT molecular complexity index is 361. The molecule has 0 bridgehead atoms. The summed E-state index contributed by atoms with van der Waals surface area (Å²) >= 11 is 0. The van der Waals surface area contributed by atoms with Gasteiger partial charge in [0.15, 0.2) is 0 Å². The van der Waals surface area contributed by atoms with Crippen molar-refractivity contribution < 1.29 is 9.53 Å². The van der Waals surface area contributed by atoms with E-state index in [4.69, 9.17) is 16.2 Å². The van der Waals surface area contributed by atoms with Gasteiger partial charge in [0, 0.05) is 23.0 Å². The Kier molecular flexibility index (Phi) is 3.12. The van der Waals surface area contributed by atoms with Crippen LogP contribution in [0, 0.1) is 0 Å². The third kappa shape index (κ3) is 2.52. The Hall–Kier alpha value is -1.97. The van der Waals surface area contributed by atoms with E-state index in [1.54, 1.807) is 18.2 Å². The fourth-order valence-corrected chi connectivity index (χ4v) is 0.958. The van der Waals surface area contributed by atoms with Gasteiger partial charge in [-0.25, -0.2) is 4.79 Å². The summed E-state index contributed by atoms with van der Waals surface area (Å²) < 4.78 is 4.82. The van der Waals surface area contributed by atoms with Crippen molar-refractivity contribution in [2.75, 3.05) is 11.5 Å². The van der Waals surface area contributed by atoms with Crippen LogP contribution in [0.5, 0.6) is 0 Å². The normalized spacial score (nSPS) is 9.43. The number of anilines is 2. The minimum atomic E-state index is -0.480. The number of rotatable bonds is 3. The fraction of sp³-hybridized carbons (Fsp3) is 0.100. The molecule has 0 aromatic heterocycles. The molecule has 0 saturated carbocycles. The van der Waals surface area contributed by atoms with Crippen molar-refractivity contribution in [2.45, 2.75) is 6.61 Å². The summed E-state index contributed by atoms with van der Waals surface area (Å²) in [6, 6.07) is 5.03. The number of hydrogen-bond acceptors (Lipinski definition) is 4. The predicted molar refractivity (Wildman–Crippen MR) is 55.3 cm³/mol. The quantitative estimate of drug-likeness (QED) is 0.426. The zero-order valence-corrected chi connectivity index (χ0v) is 7.69. The summed E-state index contributed by atoms with van der Waals surface area (Å²) in [6.45, 7) is 3.40. The molecule has 1 aromatic rings. The summed E-state index contributed by atoms with van der Waals surface area (Å²) in [5.41, 5.74) is 13.0. The van der Waals surface area contributed by atoms with Crippen molar-refractivity contribution in [1.29, 1.82) is 0 Å². The summed E-state index contributed by atoms with van der Waals surface area (Å²) in [5.74, 6) is -0.480. The van der Waals surface area contributed by atoms with Gasteiger partial charge in [-0.1, -0.05) is 6.58 Å². The minimum absolute atomic E-state index is 0.113. The van der Waals surface area contributed by atoms with Crippen LogP contribution in [-0.4, -0.2) is 5.97 Å². The van der Waals surface area contributed by atoms with Crippen molar-refractivity contribution >= 4 is 17.3 Å². The Labute approximate surface area is 82.2 Å². The highest BCUT2D eigenvalue weighted by molar-refractivity contribution is 5.81. The molecular formula is C10H12N2O2. The maximum Gasteiger partial charge on any atom is 0.330 e. The van der Waals surface area contributed by atoms with Crippen LogP contribution in [0.4, 0.5) is 11.4 Å².